The molecule has 0 aliphatic carbocycles. The summed E-state index contributed by atoms with van der Waals surface area (Å²) in [6.07, 6.45) is 0.339. The van der Waals surface area contributed by atoms with Gasteiger partial charge in [-0.2, -0.15) is 11.8 Å². The summed E-state index contributed by atoms with van der Waals surface area (Å²) in [5, 5.41) is 17.5. The van der Waals surface area contributed by atoms with Gasteiger partial charge in [0.05, 0.1) is 6.10 Å². The van der Waals surface area contributed by atoms with Crippen molar-refractivity contribution in [2.75, 3.05) is 11.5 Å². The molecule has 0 bridgehead atoms. The van der Waals surface area contributed by atoms with E-state index in [2.05, 4.69) is 0 Å². The number of carboxylic acids is 1. The lowest BCUT2D eigenvalue weighted by molar-refractivity contribution is -0.137. The van der Waals surface area contributed by atoms with Crippen LogP contribution in [0.5, 0.6) is 0 Å². The maximum Gasteiger partial charge on any atom is 0.321 e. The Bertz CT molecular complexity index is 143. The zero-order valence-corrected chi connectivity index (χ0v) is 7.88. The van der Waals surface area contributed by atoms with Gasteiger partial charge in [0.15, 0.2) is 0 Å². The van der Waals surface area contributed by atoms with Gasteiger partial charge in [-0.3, -0.25) is 4.79 Å². The minimum atomic E-state index is -0.992. The zero-order valence-electron chi connectivity index (χ0n) is 7.06. The average molecular weight is 193 g/mol. The molecule has 0 fully saturated rings. The van der Waals surface area contributed by atoms with Crippen molar-refractivity contribution in [3.63, 3.8) is 0 Å². The number of nitrogens with two attached hydrogens (primary N) is 1. The second kappa shape index (κ2) is 6.28. The number of hydrogen-bond donors (Lipinski definition) is 3. The largest absolute Gasteiger partial charge is 0.480 e. The van der Waals surface area contributed by atoms with E-state index < -0.39 is 12.0 Å². The molecule has 0 aromatic rings. The molecule has 5 heteroatoms. The molecule has 4 N–H and O–H groups in total. The van der Waals surface area contributed by atoms with E-state index in [9.17, 15) is 4.79 Å². The van der Waals surface area contributed by atoms with Crippen LogP contribution in [0.3, 0.4) is 0 Å². The Morgan fingerprint density at radius 1 is 1.58 bits per heavy atom. The molecule has 0 spiro atoms. The van der Waals surface area contributed by atoms with Crippen molar-refractivity contribution >= 4 is 17.7 Å². The SMILES string of the molecule is CCC(O)CSC[C@H](N)C(=O)O. The number of thioether (sulfide) groups is 1. The van der Waals surface area contributed by atoms with Gasteiger partial charge in [-0.1, -0.05) is 6.92 Å². The molecule has 2 atom stereocenters. The minimum absolute atomic E-state index is 0.351. The van der Waals surface area contributed by atoms with Gasteiger partial charge in [0.2, 0.25) is 0 Å². The first-order valence-electron chi connectivity index (χ1n) is 3.82. The fourth-order valence-electron chi connectivity index (χ4n) is 0.520. The first-order valence-corrected chi connectivity index (χ1v) is 4.97. The van der Waals surface area contributed by atoms with Crippen LogP contribution in [-0.2, 0) is 4.79 Å². The van der Waals surface area contributed by atoms with Crippen LogP contribution >= 0.6 is 11.8 Å². The summed E-state index contributed by atoms with van der Waals surface area (Å²) in [6, 6.07) is -0.820. The van der Waals surface area contributed by atoms with Gasteiger partial charge in [-0.05, 0) is 6.42 Å². The monoisotopic (exact) mass is 193 g/mol. The van der Waals surface area contributed by atoms with E-state index in [4.69, 9.17) is 15.9 Å². The summed E-state index contributed by atoms with van der Waals surface area (Å²) in [4.78, 5) is 10.2. The fraction of sp³-hybridized carbons (Fsp3) is 0.857. The van der Waals surface area contributed by atoms with Crippen molar-refractivity contribution < 1.29 is 15.0 Å². The lowest BCUT2D eigenvalue weighted by atomic mass is 10.3. The van der Waals surface area contributed by atoms with Gasteiger partial charge in [0.25, 0.3) is 0 Å². The van der Waals surface area contributed by atoms with Crippen LogP contribution in [0.1, 0.15) is 13.3 Å². The molecule has 0 aromatic carbocycles. The first kappa shape index (κ1) is 11.7. The van der Waals surface area contributed by atoms with Crippen LogP contribution in [-0.4, -0.2) is 39.8 Å². The zero-order chi connectivity index (χ0) is 9.56. The van der Waals surface area contributed by atoms with Crippen molar-refractivity contribution in [1.82, 2.24) is 0 Å². The van der Waals surface area contributed by atoms with Gasteiger partial charge in [-0.25, -0.2) is 0 Å². The standard InChI is InChI=1S/C7H15NO3S/c1-2-5(9)3-12-4-6(8)7(10)11/h5-6,9H,2-4,8H2,1H3,(H,10,11)/t5?,6-/m0/s1. The first-order chi connectivity index (χ1) is 5.57. The third-order valence-corrected chi connectivity index (χ3v) is 2.61. The summed E-state index contributed by atoms with van der Waals surface area (Å²) in [5.74, 6) is -0.0855. The highest BCUT2D eigenvalue weighted by Crippen LogP contribution is 2.06. The van der Waals surface area contributed by atoms with Gasteiger partial charge in [-0.15, -0.1) is 0 Å². The van der Waals surface area contributed by atoms with E-state index >= 15 is 0 Å². The highest BCUT2D eigenvalue weighted by atomic mass is 32.2. The average Bonchev–Trinajstić information content (AvgIpc) is 2.03. The van der Waals surface area contributed by atoms with E-state index in [-0.39, 0.29) is 6.10 Å². The van der Waals surface area contributed by atoms with Crippen molar-refractivity contribution in [3.05, 3.63) is 0 Å². The van der Waals surface area contributed by atoms with Crippen LogP contribution in [0.2, 0.25) is 0 Å². The molecule has 0 aliphatic rings. The molecule has 4 nitrogen and oxygen atoms in total. The molecule has 0 aliphatic heterocycles. The fourth-order valence-corrected chi connectivity index (χ4v) is 1.56. The normalized spacial score (nSPS) is 15.6. The highest BCUT2D eigenvalue weighted by molar-refractivity contribution is 7.99. The number of aliphatic hydroxyl groups is 1. The number of carbonyl (C=O) groups is 1. The number of aliphatic carboxylic acids is 1. The molecule has 1 unspecified atom stereocenters. The molecular weight excluding hydrogens is 178 g/mol. The molecule has 0 radical (unpaired) electrons. The summed E-state index contributed by atoms with van der Waals surface area (Å²) in [7, 11) is 0. The molecule has 0 heterocycles. The van der Waals surface area contributed by atoms with Crippen LogP contribution in [0.15, 0.2) is 0 Å². The van der Waals surface area contributed by atoms with Gasteiger partial charge >= 0.3 is 5.97 Å². The molecule has 0 rings (SSSR count). The van der Waals surface area contributed by atoms with E-state index in [0.717, 1.165) is 0 Å². The third-order valence-electron chi connectivity index (χ3n) is 1.40. The van der Waals surface area contributed by atoms with Crippen LogP contribution < -0.4 is 5.73 Å². The van der Waals surface area contributed by atoms with Crippen LogP contribution in [0, 0.1) is 0 Å². The second-order valence-electron chi connectivity index (χ2n) is 2.54. The quantitative estimate of drug-likeness (QED) is 0.548. The topological polar surface area (TPSA) is 83.5 Å². The van der Waals surface area contributed by atoms with Crippen molar-refractivity contribution in [1.29, 1.82) is 0 Å². The van der Waals surface area contributed by atoms with E-state index in [1.54, 1.807) is 0 Å². The van der Waals surface area contributed by atoms with E-state index in [0.29, 0.717) is 17.9 Å². The molecule has 0 amide bonds. The smallest absolute Gasteiger partial charge is 0.321 e. The Labute approximate surface area is 76.1 Å². The Kier molecular flexibility index (Phi) is 6.14. The number of carboxylic acid groups (broad SMARTS) is 1. The van der Waals surface area contributed by atoms with Gasteiger partial charge in [0.1, 0.15) is 6.04 Å². The minimum Gasteiger partial charge on any atom is -0.480 e. The predicted molar refractivity (Wildman–Crippen MR) is 49.2 cm³/mol. The summed E-state index contributed by atoms with van der Waals surface area (Å²) >= 11 is 1.37. The molecular formula is C7H15NO3S. The number of hydrogen-bond acceptors (Lipinski definition) is 4. The van der Waals surface area contributed by atoms with Crippen LogP contribution in [0.25, 0.3) is 0 Å². The maximum atomic E-state index is 10.2. The molecule has 72 valence electrons. The van der Waals surface area contributed by atoms with Crippen LogP contribution in [0.4, 0.5) is 0 Å². The molecule has 0 aromatic heterocycles. The molecule has 0 saturated carbocycles. The Hall–Kier alpha value is -0.260. The van der Waals surface area contributed by atoms with Crippen molar-refractivity contribution in [2.45, 2.75) is 25.5 Å². The summed E-state index contributed by atoms with van der Waals surface area (Å²) in [5.41, 5.74) is 5.24. The van der Waals surface area contributed by atoms with E-state index in [1.807, 2.05) is 6.92 Å². The Balaban J connectivity index is 3.37. The second-order valence-corrected chi connectivity index (χ2v) is 3.62. The molecule has 12 heavy (non-hydrogen) atoms. The van der Waals surface area contributed by atoms with Crippen molar-refractivity contribution in [3.8, 4) is 0 Å². The lowest BCUT2D eigenvalue weighted by Crippen LogP contribution is -2.32. The highest BCUT2D eigenvalue weighted by Gasteiger charge is 2.11. The lowest BCUT2D eigenvalue weighted by Gasteiger charge is -2.08. The van der Waals surface area contributed by atoms with Gasteiger partial charge < -0.3 is 15.9 Å². The molecule has 0 saturated heterocycles. The van der Waals surface area contributed by atoms with E-state index in [1.165, 1.54) is 11.8 Å². The van der Waals surface area contributed by atoms with Gasteiger partial charge in [0, 0.05) is 11.5 Å². The number of aliphatic hydroxyl groups excluding tert-OH is 1. The Morgan fingerprint density at radius 2 is 2.17 bits per heavy atom. The maximum absolute atomic E-state index is 10.2. The summed E-state index contributed by atoms with van der Waals surface area (Å²) < 4.78 is 0. The third kappa shape index (κ3) is 5.40. The predicted octanol–water partition coefficient (Wildman–Crippen LogP) is -0.0976. The van der Waals surface area contributed by atoms with Crippen molar-refractivity contribution in [2.24, 2.45) is 5.73 Å². The Morgan fingerprint density at radius 3 is 2.58 bits per heavy atom. The summed E-state index contributed by atoms with van der Waals surface area (Å²) in [6.45, 7) is 1.88. The number of rotatable bonds is 6.